The molecule has 0 saturated carbocycles. The van der Waals surface area contributed by atoms with Gasteiger partial charge in [0, 0.05) is 23.2 Å². The summed E-state index contributed by atoms with van der Waals surface area (Å²) in [5.74, 6) is -2.64. The third-order valence-corrected chi connectivity index (χ3v) is 4.45. The van der Waals surface area contributed by atoms with E-state index in [4.69, 9.17) is 15.9 Å². The van der Waals surface area contributed by atoms with E-state index in [1.54, 1.807) is 0 Å². The first-order valence-electron chi connectivity index (χ1n) is 8.70. The Morgan fingerprint density at radius 1 is 0.867 bits per heavy atom. The largest absolute Gasteiger partial charge is 0.477 e. The number of nitrogen functional groups attached to an aromatic ring is 1. The molecule has 0 amide bonds. The second-order valence-corrected chi connectivity index (χ2v) is 6.47. The van der Waals surface area contributed by atoms with Crippen molar-refractivity contribution in [3.63, 3.8) is 0 Å². The van der Waals surface area contributed by atoms with E-state index in [9.17, 15) is 19.2 Å². The van der Waals surface area contributed by atoms with Crippen LogP contribution in [0.4, 0.5) is 5.69 Å². The van der Waals surface area contributed by atoms with Gasteiger partial charge >= 0.3 is 11.9 Å². The highest BCUT2D eigenvalue weighted by Gasteiger charge is 2.14. The van der Waals surface area contributed by atoms with Crippen LogP contribution in [0.25, 0.3) is 21.8 Å². The first-order chi connectivity index (χ1) is 14.2. The molecule has 0 aliphatic rings. The number of aromatic amines is 2. The number of H-pyrrole nitrogens is 2. The van der Waals surface area contributed by atoms with Crippen molar-refractivity contribution in [1.29, 1.82) is 0 Å². The number of carboxylic acid groups (broad SMARTS) is 2. The minimum absolute atomic E-state index is 0.0303. The Hall–Kier alpha value is -4.40. The molecule has 4 aromatic rings. The van der Waals surface area contributed by atoms with Gasteiger partial charge in [-0.3, -0.25) is 9.59 Å². The van der Waals surface area contributed by atoms with Crippen LogP contribution in [0, 0.1) is 6.92 Å². The van der Waals surface area contributed by atoms with Gasteiger partial charge in [0.05, 0.1) is 16.4 Å². The molecule has 0 aliphatic heterocycles. The SMILES string of the molecule is Cc1ccccc1N.O=C(O)c1cc(=O)c2c(ccc3c(=O)cc(C(=O)O)[nH]c32)[nH]1. The summed E-state index contributed by atoms with van der Waals surface area (Å²) >= 11 is 0. The first kappa shape index (κ1) is 20.3. The Morgan fingerprint density at radius 2 is 1.47 bits per heavy atom. The van der Waals surface area contributed by atoms with Crippen molar-refractivity contribution in [3.05, 3.63) is 85.9 Å². The predicted molar refractivity (Wildman–Crippen MR) is 112 cm³/mol. The van der Waals surface area contributed by atoms with Gasteiger partial charge in [-0.2, -0.15) is 0 Å². The van der Waals surface area contributed by atoms with Crippen molar-refractivity contribution in [2.45, 2.75) is 6.92 Å². The molecule has 9 nitrogen and oxygen atoms in total. The van der Waals surface area contributed by atoms with Crippen molar-refractivity contribution in [1.82, 2.24) is 9.97 Å². The molecule has 152 valence electrons. The van der Waals surface area contributed by atoms with Crippen molar-refractivity contribution >= 4 is 39.4 Å². The van der Waals surface area contributed by atoms with Crippen LogP contribution in [0.5, 0.6) is 0 Å². The molecule has 0 atom stereocenters. The van der Waals surface area contributed by atoms with Crippen LogP contribution in [0.3, 0.4) is 0 Å². The third kappa shape index (κ3) is 3.90. The molecular formula is C21H17N3O6. The fourth-order valence-corrected chi connectivity index (χ4v) is 2.88. The average Bonchev–Trinajstić information content (AvgIpc) is 2.70. The van der Waals surface area contributed by atoms with Gasteiger partial charge in [0.2, 0.25) is 0 Å². The molecule has 0 saturated heterocycles. The van der Waals surface area contributed by atoms with E-state index in [0.29, 0.717) is 0 Å². The molecule has 0 bridgehead atoms. The standard InChI is InChI=1S/C14H8N2O6.C7H9N/c17-9-3-8(14(21)22)16-12-5(9)1-2-6-11(12)10(18)4-7(15-6)13(19)20;1-6-4-2-3-5-7(6)8/h1-4H,(H,15,18)(H,16,17)(H,19,20)(H,21,22);2-5H,8H2,1H3. The number of fused-ring (bicyclic) bond motifs is 3. The lowest BCUT2D eigenvalue weighted by molar-refractivity contribution is 0.0680. The molecule has 2 aromatic carbocycles. The number of carbonyl (C=O) groups is 2. The summed E-state index contributed by atoms with van der Waals surface area (Å²) in [5, 5.41) is 18.1. The van der Waals surface area contributed by atoms with Crippen molar-refractivity contribution in [2.24, 2.45) is 0 Å². The van der Waals surface area contributed by atoms with E-state index < -0.39 is 22.8 Å². The highest BCUT2D eigenvalue weighted by atomic mass is 16.4. The topological polar surface area (TPSA) is 166 Å². The summed E-state index contributed by atoms with van der Waals surface area (Å²) in [6.07, 6.45) is 0. The normalized spacial score (nSPS) is 10.4. The monoisotopic (exact) mass is 407 g/mol. The van der Waals surface area contributed by atoms with Gasteiger partial charge in [-0.15, -0.1) is 0 Å². The number of aromatic carboxylic acids is 2. The molecular weight excluding hydrogens is 390 g/mol. The molecule has 0 radical (unpaired) electrons. The first-order valence-corrected chi connectivity index (χ1v) is 8.70. The Morgan fingerprint density at radius 3 is 2.03 bits per heavy atom. The number of nitrogens with one attached hydrogen (secondary N) is 2. The number of benzene rings is 2. The second kappa shape index (κ2) is 7.92. The lowest BCUT2D eigenvalue weighted by Crippen LogP contribution is -2.14. The third-order valence-electron chi connectivity index (χ3n) is 4.45. The molecule has 30 heavy (non-hydrogen) atoms. The smallest absolute Gasteiger partial charge is 0.352 e. The number of para-hydroxylation sites is 1. The Balaban J connectivity index is 0.000000269. The van der Waals surface area contributed by atoms with E-state index in [1.807, 2.05) is 31.2 Å². The summed E-state index contributed by atoms with van der Waals surface area (Å²) < 4.78 is 0. The van der Waals surface area contributed by atoms with Crippen molar-refractivity contribution < 1.29 is 19.8 Å². The molecule has 2 heterocycles. The maximum Gasteiger partial charge on any atom is 0.352 e. The molecule has 4 rings (SSSR count). The summed E-state index contributed by atoms with van der Waals surface area (Å²) in [5.41, 5.74) is 5.95. The van der Waals surface area contributed by atoms with E-state index in [0.717, 1.165) is 23.4 Å². The van der Waals surface area contributed by atoms with Gasteiger partial charge in [-0.1, -0.05) is 18.2 Å². The number of aromatic nitrogens is 2. The summed E-state index contributed by atoms with van der Waals surface area (Å²) in [6, 6.07) is 12.4. The van der Waals surface area contributed by atoms with Crippen LogP contribution in [0.2, 0.25) is 0 Å². The molecule has 0 unspecified atom stereocenters. The Bertz CT molecular complexity index is 1400. The summed E-state index contributed by atoms with van der Waals surface area (Å²) in [4.78, 5) is 51.2. The number of rotatable bonds is 2. The van der Waals surface area contributed by atoms with Crippen LogP contribution in [0.15, 0.2) is 58.1 Å². The summed E-state index contributed by atoms with van der Waals surface area (Å²) in [7, 11) is 0. The van der Waals surface area contributed by atoms with Crippen LogP contribution >= 0.6 is 0 Å². The lowest BCUT2D eigenvalue weighted by Gasteiger charge is -2.06. The minimum Gasteiger partial charge on any atom is -0.477 e. The molecule has 6 N–H and O–H groups in total. The zero-order chi connectivity index (χ0) is 22.0. The Kier molecular flexibility index (Phi) is 5.37. The average molecular weight is 407 g/mol. The molecule has 0 spiro atoms. The number of carboxylic acids is 2. The molecule has 2 aromatic heterocycles. The highest BCUT2D eigenvalue weighted by Crippen LogP contribution is 2.18. The lowest BCUT2D eigenvalue weighted by atomic mass is 10.1. The van der Waals surface area contributed by atoms with E-state index >= 15 is 0 Å². The van der Waals surface area contributed by atoms with Crippen LogP contribution in [0.1, 0.15) is 26.5 Å². The maximum atomic E-state index is 12.2. The van der Waals surface area contributed by atoms with Gasteiger partial charge in [0.25, 0.3) is 0 Å². The molecule has 0 aliphatic carbocycles. The molecule has 0 fully saturated rings. The fourth-order valence-electron chi connectivity index (χ4n) is 2.88. The highest BCUT2D eigenvalue weighted by molar-refractivity contribution is 6.05. The van der Waals surface area contributed by atoms with Crippen LogP contribution in [-0.4, -0.2) is 32.1 Å². The Labute approximate surface area is 168 Å². The predicted octanol–water partition coefficient (Wildman–Crippen LogP) is 2.34. The van der Waals surface area contributed by atoms with Crippen LogP contribution < -0.4 is 16.6 Å². The van der Waals surface area contributed by atoms with Crippen LogP contribution in [-0.2, 0) is 0 Å². The number of anilines is 1. The van der Waals surface area contributed by atoms with E-state index in [2.05, 4.69) is 9.97 Å². The number of hydrogen-bond donors (Lipinski definition) is 5. The van der Waals surface area contributed by atoms with E-state index in [-0.39, 0.29) is 33.2 Å². The second-order valence-electron chi connectivity index (χ2n) is 6.47. The number of aryl methyl sites for hydroxylation is 1. The number of hydrogen-bond acceptors (Lipinski definition) is 5. The quantitative estimate of drug-likeness (QED) is 0.251. The van der Waals surface area contributed by atoms with Gasteiger partial charge in [0.1, 0.15) is 11.4 Å². The maximum absolute atomic E-state index is 12.2. The summed E-state index contributed by atoms with van der Waals surface area (Å²) in [6.45, 7) is 2.00. The number of nitrogens with two attached hydrogens (primary N) is 1. The zero-order valence-corrected chi connectivity index (χ0v) is 15.7. The molecule has 9 heteroatoms. The van der Waals surface area contributed by atoms with Crippen molar-refractivity contribution in [3.8, 4) is 0 Å². The van der Waals surface area contributed by atoms with E-state index in [1.165, 1.54) is 12.1 Å². The zero-order valence-electron chi connectivity index (χ0n) is 15.7. The number of pyridine rings is 2. The van der Waals surface area contributed by atoms with Gasteiger partial charge in [-0.05, 0) is 30.7 Å². The minimum atomic E-state index is -1.34. The van der Waals surface area contributed by atoms with Gasteiger partial charge < -0.3 is 25.9 Å². The van der Waals surface area contributed by atoms with Gasteiger partial charge in [0.15, 0.2) is 10.9 Å². The van der Waals surface area contributed by atoms with Gasteiger partial charge in [-0.25, -0.2) is 9.59 Å². The van der Waals surface area contributed by atoms with Crippen molar-refractivity contribution in [2.75, 3.05) is 5.73 Å². The fraction of sp³-hybridized carbons (Fsp3) is 0.0476.